The molecule has 0 saturated carbocycles. The minimum Gasteiger partial charge on any atom is -0.346 e. The van der Waals surface area contributed by atoms with Crippen LogP contribution < -0.4 is 5.32 Å². The number of amides is 1. The maximum absolute atomic E-state index is 12.0. The smallest absolute Gasteiger partial charge is 0.222 e. The highest BCUT2D eigenvalue weighted by molar-refractivity contribution is 5.76. The molecule has 2 aromatic rings. The van der Waals surface area contributed by atoms with Crippen molar-refractivity contribution in [2.24, 2.45) is 0 Å². The Bertz CT molecular complexity index is 619. The van der Waals surface area contributed by atoms with Gasteiger partial charge in [-0.1, -0.05) is 6.42 Å². The Morgan fingerprint density at radius 1 is 1.36 bits per heavy atom. The lowest BCUT2D eigenvalue weighted by atomic mass is 10.2. The fraction of sp³-hybridized carbons (Fsp3) is 0.643. The SMILES string of the molecule is C[C@H](NC(=O)CCn1cncn1)c1nnc2n1CCCCC2. The molecule has 1 amide bonds. The molecule has 0 saturated heterocycles. The van der Waals surface area contributed by atoms with Crippen molar-refractivity contribution in [1.82, 2.24) is 34.8 Å². The van der Waals surface area contributed by atoms with Crippen LogP contribution in [0, 0.1) is 0 Å². The second kappa shape index (κ2) is 6.67. The molecular weight excluding hydrogens is 282 g/mol. The summed E-state index contributed by atoms with van der Waals surface area (Å²) >= 11 is 0. The van der Waals surface area contributed by atoms with Gasteiger partial charge in [0.05, 0.1) is 12.6 Å². The van der Waals surface area contributed by atoms with E-state index in [2.05, 4.69) is 30.2 Å². The van der Waals surface area contributed by atoms with Crippen LogP contribution in [0.5, 0.6) is 0 Å². The van der Waals surface area contributed by atoms with Crippen molar-refractivity contribution in [2.45, 2.75) is 58.2 Å². The number of nitrogens with zero attached hydrogens (tertiary/aromatic N) is 6. The van der Waals surface area contributed by atoms with Gasteiger partial charge in [0.2, 0.25) is 5.91 Å². The van der Waals surface area contributed by atoms with Crippen LogP contribution in [0.3, 0.4) is 0 Å². The van der Waals surface area contributed by atoms with Gasteiger partial charge in [-0.05, 0) is 19.8 Å². The molecule has 0 aliphatic carbocycles. The predicted molar refractivity (Wildman–Crippen MR) is 78.8 cm³/mol. The molecule has 1 N–H and O–H groups in total. The van der Waals surface area contributed by atoms with Gasteiger partial charge in [0, 0.05) is 19.4 Å². The van der Waals surface area contributed by atoms with Gasteiger partial charge < -0.3 is 9.88 Å². The fourth-order valence-electron chi connectivity index (χ4n) is 2.77. The summed E-state index contributed by atoms with van der Waals surface area (Å²) in [5, 5.41) is 15.5. The highest BCUT2D eigenvalue weighted by atomic mass is 16.1. The monoisotopic (exact) mass is 303 g/mol. The molecule has 0 unspecified atom stereocenters. The number of aryl methyl sites for hydroxylation is 2. The zero-order chi connectivity index (χ0) is 15.4. The summed E-state index contributed by atoms with van der Waals surface area (Å²) in [6.45, 7) is 3.42. The van der Waals surface area contributed by atoms with Crippen molar-refractivity contribution >= 4 is 5.91 Å². The van der Waals surface area contributed by atoms with E-state index in [9.17, 15) is 4.79 Å². The van der Waals surface area contributed by atoms with Crippen LogP contribution in [0.25, 0.3) is 0 Å². The van der Waals surface area contributed by atoms with E-state index < -0.39 is 0 Å². The quantitative estimate of drug-likeness (QED) is 0.885. The fourth-order valence-corrected chi connectivity index (χ4v) is 2.77. The Morgan fingerprint density at radius 3 is 3.09 bits per heavy atom. The molecule has 3 rings (SSSR count). The number of aromatic nitrogens is 6. The Hall–Kier alpha value is -2.25. The summed E-state index contributed by atoms with van der Waals surface area (Å²) < 4.78 is 3.81. The molecule has 22 heavy (non-hydrogen) atoms. The molecule has 0 aromatic carbocycles. The normalized spacial score (nSPS) is 15.9. The Kier molecular flexibility index (Phi) is 4.45. The van der Waals surface area contributed by atoms with Crippen molar-refractivity contribution in [3.8, 4) is 0 Å². The molecule has 0 spiro atoms. The average molecular weight is 303 g/mol. The molecule has 3 heterocycles. The lowest BCUT2D eigenvalue weighted by Gasteiger charge is -2.15. The third-order valence-electron chi connectivity index (χ3n) is 3.94. The van der Waals surface area contributed by atoms with E-state index in [1.807, 2.05) is 6.92 Å². The summed E-state index contributed by atoms with van der Waals surface area (Å²) in [6.07, 6.45) is 7.94. The lowest BCUT2D eigenvalue weighted by molar-refractivity contribution is -0.122. The molecule has 1 atom stereocenters. The second-order valence-electron chi connectivity index (χ2n) is 5.63. The molecule has 118 valence electrons. The van der Waals surface area contributed by atoms with Gasteiger partial charge in [-0.2, -0.15) is 5.10 Å². The maximum atomic E-state index is 12.0. The van der Waals surface area contributed by atoms with Gasteiger partial charge in [0.25, 0.3) is 0 Å². The number of nitrogens with one attached hydrogen (secondary N) is 1. The number of rotatable bonds is 5. The summed E-state index contributed by atoms with van der Waals surface area (Å²) in [7, 11) is 0. The molecule has 0 fully saturated rings. The van der Waals surface area contributed by atoms with E-state index in [4.69, 9.17) is 0 Å². The van der Waals surface area contributed by atoms with E-state index >= 15 is 0 Å². The van der Waals surface area contributed by atoms with E-state index in [1.165, 1.54) is 12.7 Å². The van der Waals surface area contributed by atoms with Crippen molar-refractivity contribution in [1.29, 1.82) is 0 Å². The average Bonchev–Trinajstić information content (AvgIpc) is 3.10. The summed E-state index contributed by atoms with van der Waals surface area (Å²) in [5.41, 5.74) is 0. The first kappa shape index (κ1) is 14.7. The zero-order valence-corrected chi connectivity index (χ0v) is 12.8. The number of hydrogen-bond donors (Lipinski definition) is 1. The van der Waals surface area contributed by atoms with Crippen LogP contribution >= 0.6 is 0 Å². The van der Waals surface area contributed by atoms with Crippen LogP contribution in [0.4, 0.5) is 0 Å². The number of carbonyl (C=O) groups excluding carboxylic acids is 1. The highest BCUT2D eigenvalue weighted by Gasteiger charge is 2.20. The van der Waals surface area contributed by atoms with Gasteiger partial charge in [-0.3, -0.25) is 9.48 Å². The molecule has 0 radical (unpaired) electrons. The zero-order valence-electron chi connectivity index (χ0n) is 12.8. The van der Waals surface area contributed by atoms with Crippen LogP contribution in [-0.2, 0) is 24.3 Å². The molecule has 2 aromatic heterocycles. The van der Waals surface area contributed by atoms with Gasteiger partial charge >= 0.3 is 0 Å². The molecule has 8 heteroatoms. The summed E-state index contributed by atoms with van der Waals surface area (Å²) in [4.78, 5) is 15.9. The first-order valence-electron chi connectivity index (χ1n) is 7.78. The van der Waals surface area contributed by atoms with Crippen molar-refractivity contribution in [3.63, 3.8) is 0 Å². The second-order valence-corrected chi connectivity index (χ2v) is 5.63. The topological polar surface area (TPSA) is 90.5 Å². The van der Waals surface area contributed by atoms with E-state index in [1.54, 1.807) is 11.0 Å². The number of carbonyl (C=O) groups is 1. The van der Waals surface area contributed by atoms with Crippen molar-refractivity contribution in [2.75, 3.05) is 0 Å². The van der Waals surface area contributed by atoms with Crippen LogP contribution in [0.1, 0.15) is 50.3 Å². The van der Waals surface area contributed by atoms with E-state index in [0.29, 0.717) is 13.0 Å². The lowest BCUT2D eigenvalue weighted by Crippen LogP contribution is -2.29. The van der Waals surface area contributed by atoms with Gasteiger partial charge in [-0.25, -0.2) is 4.98 Å². The van der Waals surface area contributed by atoms with Gasteiger partial charge in [0.15, 0.2) is 5.82 Å². The van der Waals surface area contributed by atoms with Crippen LogP contribution in [-0.4, -0.2) is 35.4 Å². The number of hydrogen-bond acceptors (Lipinski definition) is 5. The minimum atomic E-state index is -0.136. The Morgan fingerprint density at radius 2 is 2.27 bits per heavy atom. The summed E-state index contributed by atoms with van der Waals surface area (Å²) in [6, 6.07) is -0.136. The van der Waals surface area contributed by atoms with Crippen LogP contribution in [0.15, 0.2) is 12.7 Å². The molecule has 8 nitrogen and oxygen atoms in total. The highest BCUT2D eigenvalue weighted by Crippen LogP contribution is 2.18. The minimum absolute atomic E-state index is 0.0195. The third-order valence-corrected chi connectivity index (χ3v) is 3.94. The first-order chi connectivity index (χ1) is 10.7. The van der Waals surface area contributed by atoms with E-state index in [0.717, 1.165) is 37.5 Å². The molecule has 1 aliphatic rings. The standard InChI is InChI=1S/C14H21N7O/c1-11(17-13(22)6-8-20-10-15-9-16-20)14-19-18-12-5-3-2-4-7-21(12)14/h9-11H,2-8H2,1H3,(H,17,22)/t11-/m0/s1. The van der Waals surface area contributed by atoms with Crippen molar-refractivity contribution < 1.29 is 4.79 Å². The molecule has 0 bridgehead atoms. The third kappa shape index (κ3) is 3.32. The van der Waals surface area contributed by atoms with E-state index in [-0.39, 0.29) is 11.9 Å². The Labute approximate surface area is 128 Å². The maximum Gasteiger partial charge on any atom is 0.222 e. The molecular formula is C14H21N7O. The van der Waals surface area contributed by atoms with Crippen molar-refractivity contribution in [3.05, 3.63) is 24.3 Å². The largest absolute Gasteiger partial charge is 0.346 e. The first-order valence-corrected chi connectivity index (χ1v) is 7.78. The molecule has 1 aliphatic heterocycles. The predicted octanol–water partition coefficient (Wildman–Crippen LogP) is 0.863. The Balaban J connectivity index is 1.58. The van der Waals surface area contributed by atoms with Gasteiger partial charge in [-0.15, -0.1) is 10.2 Å². The number of fused-ring (bicyclic) bond motifs is 1. The van der Waals surface area contributed by atoms with Gasteiger partial charge in [0.1, 0.15) is 18.5 Å². The van der Waals surface area contributed by atoms with Crippen LogP contribution in [0.2, 0.25) is 0 Å². The summed E-state index contributed by atoms with van der Waals surface area (Å²) in [5.74, 6) is 1.87.